The summed E-state index contributed by atoms with van der Waals surface area (Å²) < 4.78 is 0. The van der Waals surface area contributed by atoms with E-state index in [9.17, 15) is 5.11 Å². The fourth-order valence-electron chi connectivity index (χ4n) is 6.26. The van der Waals surface area contributed by atoms with Crippen molar-refractivity contribution in [3.8, 4) is 0 Å². The van der Waals surface area contributed by atoms with Crippen LogP contribution in [0.25, 0.3) is 0 Å². The van der Waals surface area contributed by atoms with Gasteiger partial charge in [0, 0.05) is 38.4 Å². The summed E-state index contributed by atoms with van der Waals surface area (Å²) in [5.74, 6) is 2.64. The number of hydrogen-bond donors (Lipinski definition) is 1. The molecule has 0 radical (unpaired) electrons. The van der Waals surface area contributed by atoms with Crippen LogP contribution in [0.1, 0.15) is 56.3 Å². The molecule has 0 bridgehead atoms. The highest BCUT2D eigenvalue weighted by atomic mass is 16.3. The molecule has 2 unspecified atom stereocenters. The molecule has 0 spiro atoms. The van der Waals surface area contributed by atoms with Crippen molar-refractivity contribution in [3.05, 3.63) is 53.6 Å². The first-order valence-corrected chi connectivity index (χ1v) is 13.0. The van der Waals surface area contributed by atoms with E-state index in [-0.39, 0.29) is 30.8 Å². The lowest BCUT2D eigenvalue weighted by Crippen LogP contribution is -2.55. The van der Waals surface area contributed by atoms with Crippen LogP contribution >= 0.6 is 0 Å². The molecule has 1 aromatic rings. The molecule has 184 valence electrons. The van der Waals surface area contributed by atoms with Gasteiger partial charge in [0.2, 0.25) is 0 Å². The Hall–Kier alpha value is -2.22. The van der Waals surface area contributed by atoms with E-state index in [2.05, 4.69) is 77.9 Å². The maximum atomic E-state index is 10.6. The number of likely N-dealkylation sites (tertiary alicyclic amines) is 1. The Morgan fingerprint density at radius 2 is 1.91 bits per heavy atom. The number of hydrogen-bond acceptors (Lipinski definition) is 7. The van der Waals surface area contributed by atoms with E-state index >= 15 is 0 Å². The van der Waals surface area contributed by atoms with Crippen LogP contribution in [0, 0.1) is 0 Å². The number of aliphatic imine (C=N–C) groups is 1. The molecule has 4 aliphatic heterocycles. The lowest BCUT2D eigenvalue weighted by Gasteiger charge is -2.45. The first-order chi connectivity index (χ1) is 16.5. The number of amidine groups is 1. The summed E-state index contributed by atoms with van der Waals surface area (Å²) in [6.07, 6.45) is 11.7. The number of allylic oxidation sites excluding steroid dienone is 2. The minimum atomic E-state index is -0.0367. The molecule has 5 rings (SSSR count). The van der Waals surface area contributed by atoms with Crippen molar-refractivity contribution >= 4 is 5.84 Å². The Kier molecular flexibility index (Phi) is 6.78. The molecule has 2 saturated heterocycles. The number of nitrogens with zero attached hydrogens (tertiary/aromatic N) is 6. The van der Waals surface area contributed by atoms with Crippen molar-refractivity contribution in [1.29, 1.82) is 0 Å². The zero-order valence-corrected chi connectivity index (χ0v) is 21.1. The summed E-state index contributed by atoms with van der Waals surface area (Å²) in [5, 5.41) is 10.6. The quantitative estimate of drug-likeness (QED) is 0.723. The third-order valence-electron chi connectivity index (χ3n) is 8.20. The predicted octanol–water partition coefficient (Wildman–Crippen LogP) is 2.83. The minimum absolute atomic E-state index is 0.0367. The molecule has 7 heteroatoms. The minimum Gasteiger partial charge on any atom is -0.394 e. The maximum Gasteiger partial charge on any atom is 0.129 e. The highest BCUT2D eigenvalue weighted by Crippen LogP contribution is 2.40. The Balaban J connectivity index is 1.40. The van der Waals surface area contributed by atoms with Gasteiger partial charge in [-0.25, -0.2) is 0 Å². The number of aliphatic hydroxyl groups excluding tert-OH is 1. The molecule has 4 aliphatic rings. The van der Waals surface area contributed by atoms with Crippen LogP contribution in [0.3, 0.4) is 0 Å². The Morgan fingerprint density at radius 1 is 1.12 bits per heavy atom. The molecule has 0 saturated carbocycles. The van der Waals surface area contributed by atoms with Gasteiger partial charge >= 0.3 is 0 Å². The van der Waals surface area contributed by atoms with Gasteiger partial charge in [-0.2, -0.15) is 0 Å². The van der Waals surface area contributed by atoms with Gasteiger partial charge in [-0.05, 0) is 63.1 Å². The van der Waals surface area contributed by atoms with Gasteiger partial charge in [0.05, 0.1) is 30.4 Å². The van der Waals surface area contributed by atoms with Crippen molar-refractivity contribution in [2.24, 2.45) is 4.99 Å². The van der Waals surface area contributed by atoms with Crippen molar-refractivity contribution in [2.45, 2.75) is 63.2 Å². The number of aromatic nitrogens is 1. The Labute approximate surface area is 204 Å². The fourth-order valence-corrected chi connectivity index (χ4v) is 6.26. The van der Waals surface area contributed by atoms with Crippen molar-refractivity contribution in [1.82, 2.24) is 24.6 Å². The van der Waals surface area contributed by atoms with E-state index in [0.29, 0.717) is 5.92 Å². The van der Waals surface area contributed by atoms with Gasteiger partial charge in [-0.3, -0.25) is 14.9 Å². The van der Waals surface area contributed by atoms with E-state index in [0.717, 1.165) is 51.3 Å². The molecule has 7 nitrogen and oxygen atoms in total. The van der Waals surface area contributed by atoms with E-state index in [4.69, 9.17) is 9.98 Å². The molecule has 2 fully saturated rings. The number of aliphatic hydroxyl groups is 1. The van der Waals surface area contributed by atoms with Gasteiger partial charge < -0.3 is 19.8 Å². The van der Waals surface area contributed by atoms with Crippen molar-refractivity contribution in [2.75, 3.05) is 46.9 Å². The average molecular weight is 465 g/mol. The normalized spacial score (nSPS) is 30.5. The van der Waals surface area contributed by atoms with Crippen LogP contribution < -0.4 is 0 Å². The molecular formula is C27H40N6O. The van der Waals surface area contributed by atoms with Crippen LogP contribution in [0.15, 0.2) is 47.4 Å². The third-order valence-corrected chi connectivity index (χ3v) is 8.20. The van der Waals surface area contributed by atoms with Gasteiger partial charge in [0.15, 0.2) is 0 Å². The summed E-state index contributed by atoms with van der Waals surface area (Å²) in [6.45, 7) is 8.74. The fraction of sp³-hybridized carbons (Fsp3) is 0.630. The average Bonchev–Trinajstić information content (AvgIpc) is 3.23. The zero-order valence-electron chi connectivity index (χ0n) is 21.1. The van der Waals surface area contributed by atoms with Crippen LogP contribution in [0.5, 0.6) is 0 Å². The molecule has 0 amide bonds. The van der Waals surface area contributed by atoms with Crippen molar-refractivity contribution < 1.29 is 5.11 Å². The number of rotatable bonds is 5. The number of piperazine rings is 1. The topological polar surface area (TPSA) is 58.4 Å². The second-order valence-corrected chi connectivity index (χ2v) is 10.6. The lowest BCUT2D eigenvalue weighted by molar-refractivity contribution is 0.0611. The van der Waals surface area contributed by atoms with Crippen LogP contribution in [0.2, 0.25) is 0 Å². The molecule has 5 heterocycles. The van der Waals surface area contributed by atoms with Gasteiger partial charge in [-0.1, -0.05) is 26.0 Å². The SMILES string of the molecule is CC(C)c1cccnc1[C@@H]1CCC[C@H](C2N=C3C=CC=C(N4CCN(C)CC4)N3C2CO)N1C. The highest BCUT2D eigenvalue weighted by Gasteiger charge is 2.46. The second kappa shape index (κ2) is 9.80. The zero-order chi connectivity index (χ0) is 23.8. The molecule has 0 aromatic carbocycles. The van der Waals surface area contributed by atoms with E-state index in [1.54, 1.807) is 0 Å². The number of likely N-dealkylation sites (N-methyl/N-ethyl adjacent to an activating group) is 2. The van der Waals surface area contributed by atoms with Crippen molar-refractivity contribution in [3.63, 3.8) is 0 Å². The summed E-state index contributed by atoms with van der Waals surface area (Å²) >= 11 is 0. The van der Waals surface area contributed by atoms with Crippen LogP contribution in [0.4, 0.5) is 0 Å². The largest absolute Gasteiger partial charge is 0.394 e. The predicted molar refractivity (Wildman–Crippen MR) is 137 cm³/mol. The molecule has 34 heavy (non-hydrogen) atoms. The van der Waals surface area contributed by atoms with E-state index in [1.807, 2.05) is 6.20 Å². The van der Waals surface area contributed by atoms with Gasteiger partial charge in [-0.15, -0.1) is 0 Å². The van der Waals surface area contributed by atoms with Gasteiger partial charge in [0.25, 0.3) is 0 Å². The lowest BCUT2D eigenvalue weighted by atomic mass is 9.85. The number of pyridine rings is 1. The van der Waals surface area contributed by atoms with Crippen LogP contribution in [-0.2, 0) is 0 Å². The molecule has 1 aromatic heterocycles. The first-order valence-electron chi connectivity index (χ1n) is 13.0. The van der Waals surface area contributed by atoms with E-state index in [1.165, 1.54) is 17.1 Å². The Bertz CT molecular complexity index is 964. The summed E-state index contributed by atoms with van der Waals surface area (Å²) in [4.78, 5) is 19.8. The smallest absolute Gasteiger partial charge is 0.129 e. The monoisotopic (exact) mass is 464 g/mol. The summed E-state index contributed by atoms with van der Waals surface area (Å²) in [5.41, 5.74) is 2.56. The molecule has 0 aliphatic carbocycles. The summed E-state index contributed by atoms with van der Waals surface area (Å²) in [7, 11) is 4.43. The van der Waals surface area contributed by atoms with Gasteiger partial charge in [0.1, 0.15) is 11.7 Å². The molecule has 1 N–H and O–H groups in total. The standard InChI is InChI=1S/C27H40N6O/c1-19(2)20-8-7-13-28-26(20)21-9-5-10-22(31(21)4)27-23(18-34)33-24(29-27)11-6-12-25(33)32-16-14-30(3)15-17-32/h6-8,11-13,19,21-23,27,34H,5,9-10,14-18H2,1-4H3/t21-,22+,23?,27?/m0/s1. The number of fused-ring (bicyclic) bond motifs is 1. The second-order valence-electron chi connectivity index (χ2n) is 10.6. The maximum absolute atomic E-state index is 10.6. The number of piperidine rings is 1. The van der Waals surface area contributed by atoms with E-state index < -0.39 is 0 Å². The van der Waals surface area contributed by atoms with Crippen LogP contribution in [-0.4, -0.2) is 101 Å². The molecule has 4 atom stereocenters. The first kappa shape index (κ1) is 23.5. The molecular weight excluding hydrogens is 424 g/mol. The summed E-state index contributed by atoms with van der Waals surface area (Å²) in [6, 6.07) is 4.86. The Morgan fingerprint density at radius 3 is 2.65 bits per heavy atom. The highest BCUT2D eigenvalue weighted by molar-refractivity contribution is 5.97. The third kappa shape index (κ3) is 4.18.